The Hall–Kier alpha value is 0.270. The van der Waals surface area contributed by atoms with E-state index in [1.165, 1.54) is 57.8 Å². The highest BCUT2D eigenvalue weighted by atomic mass is 32.2. The maximum absolute atomic E-state index is 6.12. The van der Waals surface area contributed by atoms with Gasteiger partial charge in [-0.05, 0) is 43.9 Å². The van der Waals surface area contributed by atoms with Crippen LogP contribution in [0.2, 0.25) is 0 Å². The summed E-state index contributed by atoms with van der Waals surface area (Å²) in [5.74, 6) is 0. The van der Waals surface area contributed by atoms with Crippen molar-refractivity contribution in [2.24, 2.45) is 11.1 Å². The van der Waals surface area contributed by atoms with Crippen LogP contribution in [-0.2, 0) is 4.74 Å². The fraction of sp³-hybridized carbons (Fsp3) is 1.00. The Morgan fingerprint density at radius 1 is 1.06 bits per heavy atom. The third kappa shape index (κ3) is 2.59. The second-order valence-corrected chi connectivity index (χ2v) is 8.50. The normalized spacial score (nSPS) is 31.2. The van der Waals surface area contributed by atoms with Crippen molar-refractivity contribution in [1.82, 2.24) is 0 Å². The van der Waals surface area contributed by atoms with Crippen LogP contribution in [0.4, 0.5) is 0 Å². The summed E-state index contributed by atoms with van der Waals surface area (Å²) in [5.41, 5.74) is 6.73. The molecule has 3 heteroatoms. The lowest BCUT2D eigenvalue weighted by molar-refractivity contribution is -0.0453. The minimum atomic E-state index is 0.430. The van der Waals surface area contributed by atoms with Gasteiger partial charge in [0.25, 0.3) is 0 Å². The summed E-state index contributed by atoms with van der Waals surface area (Å²) in [7, 11) is 0. The molecule has 0 aromatic rings. The summed E-state index contributed by atoms with van der Waals surface area (Å²) in [5, 5.41) is 0.902. The van der Waals surface area contributed by atoms with E-state index in [-0.39, 0.29) is 0 Å². The third-order valence-corrected chi connectivity index (χ3v) is 7.05. The fourth-order valence-corrected chi connectivity index (χ4v) is 6.44. The molecule has 1 saturated heterocycles. The number of nitrogens with two attached hydrogens (primary N) is 1. The molecule has 18 heavy (non-hydrogen) atoms. The summed E-state index contributed by atoms with van der Waals surface area (Å²) in [6.45, 7) is 2.85. The first-order valence-electron chi connectivity index (χ1n) is 7.72. The van der Waals surface area contributed by atoms with Crippen molar-refractivity contribution in [3.05, 3.63) is 0 Å². The first kappa shape index (κ1) is 13.3. The van der Waals surface area contributed by atoms with Crippen molar-refractivity contribution in [2.75, 3.05) is 19.8 Å². The highest BCUT2D eigenvalue weighted by Gasteiger charge is 2.54. The van der Waals surface area contributed by atoms with Gasteiger partial charge in [-0.25, -0.2) is 0 Å². The van der Waals surface area contributed by atoms with Gasteiger partial charge in [0, 0.05) is 29.8 Å². The Morgan fingerprint density at radius 2 is 1.72 bits per heavy atom. The largest absolute Gasteiger partial charge is 0.381 e. The van der Waals surface area contributed by atoms with Crippen LogP contribution < -0.4 is 5.73 Å². The van der Waals surface area contributed by atoms with Crippen LogP contribution in [0, 0.1) is 5.41 Å². The SMILES string of the molecule is NCC1(SC2CCCCC2)CC2(CCOCC2)C1. The second kappa shape index (κ2) is 5.34. The van der Waals surface area contributed by atoms with E-state index in [2.05, 4.69) is 11.8 Å². The quantitative estimate of drug-likeness (QED) is 0.853. The predicted octanol–water partition coefficient (Wildman–Crippen LogP) is 3.34. The van der Waals surface area contributed by atoms with Crippen LogP contribution in [0.15, 0.2) is 0 Å². The van der Waals surface area contributed by atoms with Crippen molar-refractivity contribution in [1.29, 1.82) is 0 Å². The molecule has 0 radical (unpaired) electrons. The van der Waals surface area contributed by atoms with Gasteiger partial charge in [-0.15, -0.1) is 0 Å². The molecule has 0 aromatic heterocycles. The maximum atomic E-state index is 6.12. The van der Waals surface area contributed by atoms with Crippen LogP contribution >= 0.6 is 11.8 Å². The lowest BCUT2D eigenvalue weighted by Gasteiger charge is -2.58. The van der Waals surface area contributed by atoms with Crippen LogP contribution in [0.25, 0.3) is 0 Å². The van der Waals surface area contributed by atoms with Crippen LogP contribution in [0.3, 0.4) is 0 Å². The molecular formula is C15H27NOS. The van der Waals surface area contributed by atoms with Crippen LogP contribution in [-0.4, -0.2) is 29.8 Å². The van der Waals surface area contributed by atoms with Crippen LogP contribution in [0.5, 0.6) is 0 Å². The van der Waals surface area contributed by atoms with Gasteiger partial charge < -0.3 is 10.5 Å². The number of thioether (sulfide) groups is 1. The van der Waals surface area contributed by atoms with E-state index >= 15 is 0 Å². The summed E-state index contributed by atoms with van der Waals surface area (Å²) in [6.07, 6.45) is 12.5. The first-order chi connectivity index (χ1) is 8.76. The number of rotatable bonds is 3. The van der Waals surface area contributed by atoms with Gasteiger partial charge in [-0.3, -0.25) is 0 Å². The lowest BCUT2D eigenvalue weighted by atomic mass is 9.57. The van der Waals surface area contributed by atoms with E-state index in [1.807, 2.05) is 0 Å². The molecule has 1 spiro atoms. The molecule has 3 rings (SSSR count). The fourth-order valence-electron chi connectivity index (χ4n) is 4.29. The predicted molar refractivity (Wildman–Crippen MR) is 78.0 cm³/mol. The Kier molecular flexibility index (Phi) is 3.93. The summed E-state index contributed by atoms with van der Waals surface area (Å²) < 4.78 is 5.94. The molecule has 2 nitrogen and oxygen atoms in total. The molecule has 3 fully saturated rings. The summed E-state index contributed by atoms with van der Waals surface area (Å²) in [4.78, 5) is 0. The number of ether oxygens (including phenoxy) is 1. The highest BCUT2D eigenvalue weighted by molar-refractivity contribution is 8.01. The van der Waals surface area contributed by atoms with E-state index < -0.39 is 0 Å². The number of hydrogen-bond acceptors (Lipinski definition) is 3. The summed E-state index contributed by atoms with van der Waals surface area (Å²) >= 11 is 2.26. The molecule has 2 saturated carbocycles. The molecule has 0 unspecified atom stereocenters. The van der Waals surface area contributed by atoms with E-state index in [0.29, 0.717) is 10.2 Å². The molecule has 0 bridgehead atoms. The van der Waals surface area contributed by atoms with Gasteiger partial charge >= 0.3 is 0 Å². The molecule has 3 aliphatic rings. The molecule has 1 aliphatic heterocycles. The van der Waals surface area contributed by atoms with Gasteiger partial charge in [0.2, 0.25) is 0 Å². The molecular weight excluding hydrogens is 242 g/mol. The smallest absolute Gasteiger partial charge is 0.0471 e. The van der Waals surface area contributed by atoms with E-state index in [9.17, 15) is 0 Å². The van der Waals surface area contributed by atoms with E-state index in [0.717, 1.165) is 25.0 Å². The Morgan fingerprint density at radius 3 is 2.33 bits per heavy atom. The second-order valence-electron chi connectivity index (χ2n) is 6.73. The average Bonchev–Trinajstić information content (AvgIpc) is 2.39. The molecule has 2 aliphatic carbocycles. The lowest BCUT2D eigenvalue weighted by Crippen LogP contribution is -2.56. The first-order valence-corrected chi connectivity index (χ1v) is 8.60. The van der Waals surface area contributed by atoms with Crippen molar-refractivity contribution >= 4 is 11.8 Å². The molecule has 0 atom stereocenters. The monoisotopic (exact) mass is 269 g/mol. The Balaban J connectivity index is 1.56. The van der Waals surface area contributed by atoms with Gasteiger partial charge in [0.15, 0.2) is 0 Å². The van der Waals surface area contributed by atoms with Crippen molar-refractivity contribution in [2.45, 2.75) is 67.8 Å². The van der Waals surface area contributed by atoms with Crippen LogP contribution in [0.1, 0.15) is 57.8 Å². The molecule has 104 valence electrons. The van der Waals surface area contributed by atoms with Crippen molar-refractivity contribution in [3.8, 4) is 0 Å². The molecule has 0 amide bonds. The highest BCUT2D eigenvalue weighted by Crippen LogP contribution is 2.61. The summed E-state index contributed by atoms with van der Waals surface area (Å²) in [6, 6.07) is 0. The van der Waals surface area contributed by atoms with Gasteiger partial charge in [0.1, 0.15) is 0 Å². The van der Waals surface area contributed by atoms with E-state index in [1.54, 1.807) is 0 Å². The third-order valence-electron chi connectivity index (χ3n) is 5.29. The average molecular weight is 269 g/mol. The van der Waals surface area contributed by atoms with E-state index in [4.69, 9.17) is 10.5 Å². The maximum Gasteiger partial charge on any atom is 0.0471 e. The number of hydrogen-bond donors (Lipinski definition) is 1. The minimum absolute atomic E-state index is 0.430. The van der Waals surface area contributed by atoms with Gasteiger partial charge in [-0.2, -0.15) is 11.8 Å². The zero-order chi connectivity index (χ0) is 12.5. The van der Waals surface area contributed by atoms with Crippen molar-refractivity contribution < 1.29 is 4.74 Å². The molecule has 1 heterocycles. The Labute approximate surface area is 115 Å². The standard InChI is InChI=1S/C15H27NOS/c16-12-15(18-13-4-2-1-3-5-13)10-14(11-15)6-8-17-9-7-14/h13H,1-12,16H2. The topological polar surface area (TPSA) is 35.2 Å². The zero-order valence-corrected chi connectivity index (χ0v) is 12.3. The molecule has 2 N–H and O–H groups in total. The zero-order valence-electron chi connectivity index (χ0n) is 11.5. The van der Waals surface area contributed by atoms with Crippen molar-refractivity contribution in [3.63, 3.8) is 0 Å². The van der Waals surface area contributed by atoms with Gasteiger partial charge in [0.05, 0.1) is 0 Å². The molecule has 0 aromatic carbocycles. The van der Waals surface area contributed by atoms with Gasteiger partial charge in [-0.1, -0.05) is 19.3 Å². The Bertz CT molecular complexity index is 269. The minimum Gasteiger partial charge on any atom is -0.381 e.